The Balaban J connectivity index is 1.72. The summed E-state index contributed by atoms with van der Waals surface area (Å²) in [7, 11) is 0. The maximum atomic E-state index is 15.1. The molecule has 0 unspecified atom stereocenters. The molecule has 2 atom stereocenters. The third-order valence-corrected chi connectivity index (χ3v) is 4.26. The standard InChI is InChI=1S/C20H20FNO3/c1-15-13-22(19(23)24-14-16-9-5-3-6-10-16)25-18(20(15,2)21)17-11-7-4-8-12-17/h3-12,18H,1,13-14H2,2H3/t18-,20+/m0/s1. The lowest BCUT2D eigenvalue weighted by Crippen LogP contribution is -2.48. The van der Waals surface area contributed by atoms with E-state index in [2.05, 4.69) is 6.58 Å². The van der Waals surface area contributed by atoms with Crippen molar-refractivity contribution in [1.29, 1.82) is 0 Å². The minimum Gasteiger partial charge on any atom is -0.443 e. The average Bonchev–Trinajstić information content (AvgIpc) is 2.63. The lowest BCUT2D eigenvalue weighted by Gasteiger charge is -2.41. The van der Waals surface area contributed by atoms with Crippen LogP contribution in [0.3, 0.4) is 0 Å². The highest BCUT2D eigenvalue weighted by Gasteiger charge is 2.46. The summed E-state index contributed by atoms with van der Waals surface area (Å²) in [6.07, 6.45) is -1.62. The van der Waals surface area contributed by atoms with Crippen LogP contribution >= 0.6 is 0 Å². The monoisotopic (exact) mass is 341 g/mol. The number of nitrogens with zero attached hydrogens (tertiary/aromatic N) is 1. The van der Waals surface area contributed by atoms with Crippen LogP contribution in [0.4, 0.5) is 9.18 Å². The van der Waals surface area contributed by atoms with Crippen molar-refractivity contribution in [2.24, 2.45) is 0 Å². The molecule has 0 spiro atoms. The predicted molar refractivity (Wildman–Crippen MR) is 92.3 cm³/mol. The number of amides is 1. The molecule has 1 fully saturated rings. The Morgan fingerprint density at radius 1 is 1.24 bits per heavy atom. The first kappa shape index (κ1) is 17.2. The van der Waals surface area contributed by atoms with E-state index in [1.165, 1.54) is 6.92 Å². The Kier molecular flexibility index (Phi) is 4.86. The molecule has 1 heterocycles. The molecule has 130 valence electrons. The number of alkyl halides is 1. The average molecular weight is 341 g/mol. The summed E-state index contributed by atoms with van der Waals surface area (Å²) in [5.74, 6) is 0. The second-order valence-electron chi connectivity index (χ2n) is 6.15. The highest BCUT2D eigenvalue weighted by atomic mass is 19.1. The van der Waals surface area contributed by atoms with E-state index >= 15 is 4.39 Å². The largest absolute Gasteiger partial charge is 0.443 e. The Morgan fingerprint density at radius 3 is 2.48 bits per heavy atom. The number of carbonyl (C=O) groups is 1. The molecule has 0 saturated carbocycles. The fourth-order valence-corrected chi connectivity index (χ4v) is 2.68. The SMILES string of the molecule is C=C1CN(C(=O)OCc2ccccc2)O[C@@H](c2ccccc2)[C@]1(C)F. The van der Waals surface area contributed by atoms with E-state index in [9.17, 15) is 4.79 Å². The van der Waals surface area contributed by atoms with Gasteiger partial charge in [-0.25, -0.2) is 9.18 Å². The highest BCUT2D eigenvalue weighted by Crippen LogP contribution is 2.42. The summed E-state index contributed by atoms with van der Waals surface area (Å²) >= 11 is 0. The van der Waals surface area contributed by atoms with E-state index in [0.29, 0.717) is 5.56 Å². The van der Waals surface area contributed by atoms with Gasteiger partial charge in [-0.1, -0.05) is 67.2 Å². The second kappa shape index (κ2) is 7.07. The molecule has 0 N–H and O–H groups in total. The van der Waals surface area contributed by atoms with Crippen molar-refractivity contribution in [3.8, 4) is 0 Å². The third kappa shape index (κ3) is 3.72. The van der Waals surface area contributed by atoms with Gasteiger partial charge in [-0.2, -0.15) is 5.06 Å². The van der Waals surface area contributed by atoms with E-state index in [-0.39, 0.29) is 18.7 Å². The zero-order chi connectivity index (χ0) is 17.9. The van der Waals surface area contributed by atoms with Gasteiger partial charge in [0.15, 0.2) is 5.67 Å². The Hall–Kier alpha value is -2.66. The minimum atomic E-state index is -1.78. The van der Waals surface area contributed by atoms with Crippen molar-refractivity contribution in [3.05, 3.63) is 83.9 Å². The molecule has 5 heteroatoms. The van der Waals surface area contributed by atoms with Gasteiger partial charge in [0.25, 0.3) is 0 Å². The molecule has 1 aliphatic rings. The van der Waals surface area contributed by atoms with Crippen molar-refractivity contribution in [2.75, 3.05) is 6.54 Å². The van der Waals surface area contributed by atoms with Crippen LogP contribution in [0.15, 0.2) is 72.8 Å². The van der Waals surface area contributed by atoms with Crippen molar-refractivity contribution in [2.45, 2.75) is 25.3 Å². The fourth-order valence-electron chi connectivity index (χ4n) is 2.68. The Morgan fingerprint density at radius 2 is 1.84 bits per heavy atom. The van der Waals surface area contributed by atoms with Gasteiger partial charge in [-0.3, -0.25) is 4.84 Å². The predicted octanol–water partition coefficient (Wildman–Crippen LogP) is 4.60. The number of hydrogen-bond acceptors (Lipinski definition) is 3. The number of carbonyl (C=O) groups excluding carboxylic acids is 1. The summed E-state index contributed by atoms with van der Waals surface area (Å²) in [5.41, 5.74) is -0.0162. The fraction of sp³-hybridized carbons (Fsp3) is 0.250. The number of hydrogen-bond donors (Lipinski definition) is 0. The van der Waals surface area contributed by atoms with Gasteiger partial charge in [-0.15, -0.1) is 0 Å². The lowest BCUT2D eigenvalue weighted by atomic mass is 9.87. The molecule has 0 aliphatic carbocycles. The van der Waals surface area contributed by atoms with E-state index < -0.39 is 17.9 Å². The summed E-state index contributed by atoms with van der Waals surface area (Å²) < 4.78 is 20.4. The van der Waals surface area contributed by atoms with Crippen LogP contribution in [-0.4, -0.2) is 23.4 Å². The number of hydroxylamine groups is 2. The molecule has 0 bridgehead atoms. The molecular weight excluding hydrogens is 321 g/mol. The molecule has 4 nitrogen and oxygen atoms in total. The zero-order valence-electron chi connectivity index (χ0n) is 14.0. The van der Waals surface area contributed by atoms with Gasteiger partial charge in [-0.05, 0) is 23.6 Å². The first-order chi connectivity index (χ1) is 12.0. The smallest absolute Gasteiger partial charge is 0.434 e. The first-order valence-corrected chi connectivity index (χ1v) is 8.05. The van der Waals surface area contributed by atoms with E-state index in [1.807, 2.05) is 36.4 Å². The van der Waals surface area contributed by atoms with Crippen LogP contribution in [0.25, 0.3) is 0 Å². The van der Waals surface area contributed by atoms with Crippen LogP contribution in [-0.2, 0) is 16.2 Å². The number of ether oxygens (including phenoxy) is 1. The second-order valence-corrected chi connectivity index (χ2v) is 6.15. The van der Waals surface area contributed by atoms with Gasteiger partial charge in [0.05, 0.1) is 6.54 Å². The normalized spacial score (nSPS) is 23.4. The van der Waals surface area contributed by atoms with Crippen molar-refractivity contribution < 1.29 is 18.8 Å². The first-order valence-electron chi connectivity index (χ1n) is 8.05. The zero-order valence-corrected chi connectivity index (χ0v) is 14.0. The van der Waals surface area contributed by atoms with Crippen LogP contribution in [0, 0.1) is 0 Å². The van der Waals surface area contributed by atoms with E-state index in [0.717, 1.165) is 10.6 Å². The molecular formula is C20H20FNO3. The summed E-state index contributed by atoms with van der Waals surface area (Å²) in [5, 5.41) is 1.03. The molecule has 1 aliphatic heterocycles. The molecule has 2 aromatic carbocycles. The maximum Gasteiger partial charge on any atom is 0.434 e. The summed E-state index contributed by atoms with van der Waals surface area (Å²) in [6.45, 7) is 5.27. The van der Waals surface area contributed by atoms with Crippen LogP contribution in [0.5, 0.6) is 0 Å². The topological polar surface area (TPSA) is 38.8 Å². The number of rotatable bonds is 3. The molecule has 2 aromatic rings. The van der Waals surface area contributed by atoms with Gasteiger partial charge in [0.1, 0.15) is 12.7 Å². The molecule has 0 aromatic heterocycles. The van der Waals surface area contributed by atoms with Crippen LogP contribution in [0.2, 0.25) is 0 Å². The maximum absolute atomic E-state index is 15.1. The number of halogens is 1. The van der Waals surface area contributed by atoms with Gasteiger partial charge >= 0.3 is 6.09 Å². The van der Waals surface area contributed by atoms with Crippen molar-refractivity contribution in [3.63, 3.8) is 0 Å². The van der Waals surface area contributed by atoms with E-state index in [4.69, 9.17) is 9.57 Å². The quantitative estimate of drug-likeness (QED) is 0.766. The molecule has 1 saturated heterocycles. The lowest BCUT2D eigenvalue weighted by molar-refractivity contribution is -0.226. The third-order valence-electron chi connectivity index (χ3n) is 4.26. The van der Waals surface area contributed by atoms with Crippen molar-refractivity contribution >= 4 is 6.09 Å². The van der Waals surface area contributed by atoms with Crippen molar-refractivity contribution in [1.82, 2.24) is 5.06 Å². The van der Waals surface area contributed by atoms with Crippen LogP contribution in [0.1, 0.15) is 24.2 Å². The van der Waals surface area contributed by atoms with Crippen LogP contribution < -0.4 is 0 Å². The molecule has 0 radical (unpaired) electrons. The molecule has 25 heavy (non-hydrogen) atoms. The summed E-state index contributed by atoms with van der Waals surface area (Å²) in [4.78, 5) is 18.0. The number of benzene rings is 2. The van der Waals surface area contributed by atoms with Gasteiger partial charge in [0.2, 0.25) is 0 Å². The van der Waals surface area contributed by atoms with Gasteiger partial charge < -0.3 is 4.74 Å². The minimum absolute atomic E-state index is 0.0516. The Bertz CT molecular complexity index is 746. The van der Waals surface area contributed by atoms with E-state index in [1.54, 1.807) is 24.3 Å². The van der Waals surface area contributed by atoms with Gasteiger partial charge in [0, 0.05) is 0 Å². The molecule has 3 rings (SSSR count). The Labute approximate surface area is 146 Å². The highest BCUT2D eigenvalue weighted by molar-refractivity contribution is 5.67. The summed E-state index contributed by atoms with van der Waals surface area (Å²) in [6, 6.07) is 18.3. The molecule has 1 amide bonds.